The van der Waals surface area contributed by atoms with E-state index >= 15 is 0 Å². The van der Waals surface area contributed by atoms with E-state index < -0.39 is 17.4 Å². The first kappa shape index (κ1) is 35.8. The van der Waals surface area contributed by atoms with Crippen molar-refractivity contribution in [3.8, 4) is 0 Å². The number of aromatic nitrogens is 3. The van der Waals surface area contributed by atoms with Gasteiger partial charge in [-0.05, 0) is 103 Å². The van der Waals surface area contributed by atoms with Crippen molar-refractivity contribution in [2.24, 2.45) is 68.3 Å². The average Bonchev–Trinajstić information content (AvgIpc) is 3.49. The van der Waals surface area contributed by atoms with E-state index in [2.05, 4.69) is 91.6 Å². The van der Waals surface area contributed by atoms with Crippen LogP contribution < -0.4 is 5.73 Å². The third kappa shape index (κ3) is 4.81. The van der Waals surface area contributed by atoms with Gasteiger partial charge in [-0.2, -0.15) is 5.10 Å². The summed E-state index contributed by atoms with van der Waals surface area (Å²) in [4.78, 5) is 18.1. The van der Waals surface area contributed by atoms with E-state index in [0.29, 0.717) is 37.6 Å². The Morgan fingerprint density at radius 1 is 1.17 bits per heavy atom. The minimum absolute atomic E-state index is 0.0670. The Bertz CT molecular complexity index is 1450. The molecule has 1 aromatic rings. The molecule has 0 amide bonds. The highest BCUT2D eigenvalue weighted by atomic mass is 16.5. The maximum Gasteiger partial charge on any atom is 0.307 e. The maximum atomic E-state index is 13.5. The fourth-order valence-corrected chi connectivity index (χ4v) is 12.2. The second-order valence-corrected chi connectivity index (χ2v) is 18.8. The number of carboxylic acids is 1. The number of nitrogens with two attached hydrogens (primary N) is 1. The molecule has 12 atom stereocenters. The van der Waals surface area contributed by atoms with Crippen molar-refractivity contribution in [2.75, 3.05) is 19.8 Å². The average molecular weight is 665 g/mol. The van der Waals surface area contributed by atoms with Gasteiger partial charge in [0.1, 0.15) is 12.2 Å². The van der Waals surface area contributed by atoms with Crippen molar-refractivity contribution in [1.82, 2.24) is 14.8 Å². The third-order valence-corrected chi connectivity index (χ3v) is 16.0. The van der Waals surface area contributed by atoms with E-state index in [0.717, 1.165) is 44.3 Å². The Hall–Kier alpha value is -2.03. The van der Waals surface area contributed by atoms with Crippen LogP contribution >= 0.6 is 0 Å². The molecule has 0 spiro atoms. The Kier molecular flexibility index (Phi) is 8.77. The van der Waals surface area contributed by atoms with Gasteiger partial charge >= 0.3 is 5.97 Å². The molecular weight excluding hydrogens is 600 g/mol. The van der Waals surface area contributed by atoms with Gasteiger partial charge in [0.2, 0.25) is 0 Å². The van der Waals surface area contributed by atoms with Crippen LogP contribution in [0.5, 0.6) is 0 Å². The van der Waals surface area contributed by atoms with Crippen LogP contribution in [0.1, 0.15) is 120 Å². The minimum Gasteiger partial charge on any atom is -0.481 e. The monoisotopic (exact) mass is 664 g/mol. The number of carbonyl (C=O) groups is 1. The standard InChI is InChI=1S/C40H64N4O4/c1-12-31-42-23-43-44(31)29-19-35(7)20-47-22-40(33(29)48-21-39(11,41)25(4)5)28-15-16-38(10)32(34(45)46)36(8,26(6)24(2)3)17-18-37(38,9)27(28)13-14-30(35)40/h12,15,23-27,29-30,32-33H,1,13-14,16-22,41H2,2-11H3,(H,45,46)/t26-,27+,29-,30-,32-,33+,35-,36-,37-,38+,39+,40+/m1/s1. The first-order valence-electron chi connectivity index (χ1n) is 18.8. The van der Waals surface area contributed by atoms with Gasteiger partial charge in [0.25, 0.3) is 0 Å². The minimum atomic E-state index is -0.631. The van der Waals surface area contributed by atoms with E-state index in [-0.39, 0.29) is 51.1 Å². The summed E-state index contributed by atoms with van der Waals surface area (Å²) < 4.78 is 16.0. The van der Waals surface area contributed by atoms with Crippen LogP contribution in [0.3, 0.4) is 0 Å². The van der Waals surface area contributed by atoms with Crippen molar-refractivity contribution < 1.29 is 19.4 Å². The molecule has 1 aliphatic heterocycles. The van der Waals surface area contributed by atoms with Gasteiger partial charge in [-0.25, -0.2) is 9.67 Å². The lowest BCUT2D eigenvalue weighted by Crippen LogP contribution is -2.70. The summed E-state index contributed by atoms with van der Waals surface area (Å²) in [5, 5.41) is 15.9. The smallest absolute Gasteiger partial charge is 0.307 e. The first-order valence-corrected chi connectivity index (χ1v) is 18.8. The number of rotatable bonds is 9. The molecule has 6 rings (SSSR count). The van der Waals surface area contributed by atoms with Gasteiger partial charge in [-0.15, -0.1) is 0 Å². The highest BCUT2D eigenvalue weighted by Crippen LogP contribution is 2.75. The number of hydrogen-bond acceptors (Lipinski definition) is 6. The van der Waals surface area contributed by atoms with E-state index in [1.165, 1.54) is 5.57 Å². The molecule has 0 aromatic carbocycles. The quantitative estimate of drug-likeness (QED) is 0.259. The normalized spacial score (nSPS) is 44.2. The summed E-state index contributed by atoms with van der Waals surface area (Å²) in [6.07, 6.45) is 11.4. The Balaban J connectivity index is 1.53. The molecule has 3 saturated carbocycles. The van der Waals surface area contributed by atoms with Gasteiger partial charge in [-0.1, -0.05) is 80.5 Å². The summed E-state index contributed by atoms with van der Waals surface area (Å²) in [6.45, 7) is 28.5. The number of ether oxygens (including phenoxy) is 2. The number of allylic oxidation sites excluding steroid dienone is 1. The third-order valence-electron chi connectivity index (χ3n) is 16.0. The van der Waals surface area contributed by atoms with E-state index in [4.69, 9.17) is 20.3 Å². The second kappa shape index (κ2) is 11.8. The summed E-state index contributed by atoms with van der Waals surface area (Å²) >= 11 is 0. The van der Waals surface area contributed by atoms with Crippen molar-refractivity contribution in [3.63, 3.8) is 0 Å². The highest BCUT2D eigenvalue weighted by molar-refractivity contribution is 5.73. The Morgan fingerprint density at radius 2 is 1.88 bits per heavy atom. The highest BCUT2D eigenvalue weighted by Gasteiger charge is 2.72. The van der Waals surface area contributed by atoms with Gasteiger partial charge in [0, 0.05) is 11.0 Å². The zero-order valence-electron chi connectivity index (χ0n) is 31.5. The fraction of sp³-hybridized carbons (Fsp3) is 0.825. The van der Waals surface area contributed by atoms with Crippen molar-refractivity contribution in [3.05, 3.63) is 30.4 Å². The molecule has 4 aliphatic carbocycles. The lowest BCUT2D eigenvalue weighted by atomic mass is 9.34. The van der Waals surface area contributed by atoms with Crippen LogP contribution in [0.2, 0.25) is 0 Å². The Labute approximate surface area is 289 Å². The second-order valence-electron chi connectivity index (χ2n) is 18.8. The lowest BCUT2D eigenvalue weighted by molar-refractivity contribution is -0.254. The molecule has 0 radical (unpaired) electrons. The first-order chi connectivity index (χ1) is 22.3. The number of carboxylic acid groups (broad SMARTS) is 1. The van der Waals surface area contributed by atoms with Gasteiger partial charge < -0.3 is 20.3 Å². The van der Waals surface area contributed by atoms with Gasteiger partial charge in [0.05, 0.1) is 37.9 Å². The molecule has 48 heavy (non-hydrogen) atoms. The SMILES string of the molecule is C=Cc1ncnn1[C@@H]1C[C@]2(C)COC[C@@]3(C4=CC[C@@]5(C)[C@H](C(=O)O)[C@@](C)([C@H](C)C(C)C)CC[C@]5(C)[C@H]4CC[C@H]23)[C@H]1OC[C@](C)(N)C(C)C. The fourth-order valence-electron chi connectivity index (χ4n) is 12.2. The Morgan fingerprint density at radius 3 is 2.50 bits per heavy atom. The number of nitrogens with zero attached hydrogens (tertiary/aromatic N) is 3. The molecular formula is C40H64N4O4. The van der Waals surface area contributed by atoms with Crippen LogP contribution in [-0.2, 0) is 14.3 Å². The largest absolute Gasteiger partial charge is 0.481 e. The van der Waals surface area contributed by atoms with Crippen molar-refractivity contribution in [1.29, 1.82) is 0 Å². The molecule has 2 heterocycles. The van der Waals surface area contributed by atoms with E-state index in [1.54, 1.807) is 12.4 Å². The molecule has 1 aromatic heterocycles. The van der Waals surface area contributed by atoms with Crippen molar-refractivity contribution >= 4 is 12.0 Å². The zero-order chi connectivity index (χ0) is 35.2. The van der Waals surface area contributed by atoms with E-state index in [1.807, 2.05) is 0 Å². The molecule has 4 fully saturated rings. The predicted molar refractivity (Wildman–Crippen MR) is 190 cm³/mol. The van der Waals surface area contributed by atoms with Gasteiger partial charge in [0.15, 0.2) is 0 Å². The zero-order valence-corrected chi connectivity index (χ0v) is 31.5. The summed E-state index contributed by atoms with van der Waals surface area (Å²) in [5.74, 6) is 1.27. The lowest BCUT2D eigenvalue weighted by Gasteiger charge is -2.71. The summed E-state index contributed by atoms with van der Waals surface area (Å²) in [7, 11) is 0. The van der Waals surface area contributed by atoms with Crippen LogP contribution in [0.4, 0.5) is 0 Å². The summed E-state index contributed by atoms with van der Waals surface area (Å²) in [6, 6.07) is -0.0670. The summed E-state index contributed by atoms with van der Waals surface area (Å²) in [5.41, 5.74) is 6.55. The van der Waals surface area contributed by atoms with E-state index in [9.17, 15) is 9.90 Å². The number of fused-ring (bicyclic) bond motifs is 3. The molecule has 2 bridgehead atoms. The molecule has 1 saturated heterocycles. The van der Waals surface area contributed by atoms with Crippen LogP contribution in [0.25, 0.3) is 6.08 Å². The molecule has 0 unspecified atom stereocenters. The van der Waals surface area contributed by atoms with Gasteiger partial charge in [-0.3, -0.25) is 4.79 Å². The molecule has 5 aliphatic rings. The molecule has 8 nitrogen and oxygen atoms in total. The predicted octanol–water partition coefficient (Wildman–Crippen LogP) is 7.81. The molecule has 3 N–H and O–H groups in total. The number of hydrogen-bond donors (Lipinski definition) is 2. The van der Waals surface area contributed by atoms with Crippen LogP contribution in [0, 0.1) is 62.6 Å². The van der Waals surface area contributed by atoms with Crippen LogP contribution in [-0.4, -0.2) is 57.3 Å². The molecule has 8 heteroatoms. The number of aliphatic carboxylic acids is 1. The molecule has 268 valence electrons. The van der Waals surface area contributed by atoms with Crippen LogP contribution in [0.15, 0.2) is 24.6 Å². The topological polar surface area (TPSA) is 112 Å². The maximum absolute atomic E-state index is 13.5. The van der Waals surface area contributed by atoms with Crippen molar-refractivity contribution in [2.45, 2.75) is 125 Å².